The summed E-state index contributed by atoms with van der Waals surface area (Å²) in [6, 6.07) is 7.87. The molecule has 0 spiro atoms. The van der Waals surface area contributed by atoms with E-state index in [0.717, 1.165) is 17.7 Å². The van der Waals surface area contributed by atoms with Crippen LogP contribution in [0.15, 0.2) is 47.0 Å². The third-order valence-electron chi connectivity index (χ3n) is 4.86. The molecule has 1 aliphatic carbocycles. The fraction of sp³-hybridized carbons (Fsp3) is 0.238. The number of hydrogen-bond donors (Lipinski definition) is 1. The average Bonchev–Trinajstić information content (AvgIpc) is 3.28. The average molecular weight is 386 g/mol. The topological polar surface area (TPSA) is 55.1 Å². The molecule has 1 N–H and O–H groups in total. The standard InChI is InChI=1S/C21H17F3N2O2/c22-12-4-5-15(17(24)10-12)19-11-25-21(28-19)9-8-20(27)26-18-7-6-13-14(18)2-1-3-16(13)23/h1-5,10-11,18H,6-9H2,(H,26,27). The summed E-state index contributed by atoms with van der Waals surface area (Å²) in [6.07, 6.45) is 2.97. The van der Waals surface area contributed by atoms with E-state index >= 15 is 0 Å². The zero-order valence-electron chi connectivity index (χ0n) is 14.8. The summed E-state index contributed by atoms with van der Waals surface area (Å²) < 4.78 is 46.1. The highest BCUT2D eigenvalue weighted by Gasteiger charge is 2.26. The Morgan fingerprint density at radius 1 is 1.18 bits per heavy atom. The number of rotatable bonds is 5. The van der Waals surface area contributed by atoms with Gasteiger partial charge in [-0.15, -0.1) is 0 Å². The van der Waals surface area contributed by atoms with Crippen LogP contribution in [0.3, 0.4) is 0 Å². The normalized spacial score (nSPS) is 15.5. The summed E-state index contributed by atoms with van der Waals surface area (Å²) in [6.45, 7) is 0. The van der Waals surface area contributed by atoms with E-state index in [1.807, 2.05) is 6.07 Å². The summed E-state index contributed by atoms with van der Waals surface area (Å²) in [5.74, 6) is -1.40. The van der Waals surface area contributed by atoms with Crippen LogP contribution >= 0.6 is 0 Å². The Bertz CT molecular complexity index is 1030. The molecule has 1 atom stereocenters. The molecular weight excluding hydrogens is 369 g/mol. The molecule has 0 bridgehead atoms. The van der Waals surface area contributed by atoms with Crippen molar-refractivity contribution in [3.05, 3.63) is 77.1 Å². The number of amides is 1. The summed E-state index contributed by atoms with van der Waals surface area (Å²) in [7, 11) is 0. The molecule has 1 amide bonds. The second kappa shape index (κ2) is 7.50. The van der Waals surface area contributed by atoms with E-state index in [0.29, 0.717) is 18.4 Å². The highest BCUT2D eigenvalue weighted by Crippen LogP contribution is 2.32. The molecule has 1 heterocycles. The van der Waals surface area contributed by atoms with Gasteiger partial charge in [0.05, 0.1) is 17.8 Å². The first-order valence-corrected chi connectivity index (χ1v) is 8.98. The number of halogens is 3. The van der Waals surface area contributed by atoms with Gasteiger partial charge in [-0.3, -0.25) is 4.79 Å². The van der Waals surface area contributed by atoms with E-state index in [4.69, 9.17) is 4.42 Å². The van der Waals surface area contributed by atoms with Crippen molar-refractivity contribution in [1.29, 1.82) is 0 Å². The van der Waals surface area contributed by atoms with Crippen LogP contribution < -0.4 is 5.32 Å². The first-order chi connectivity index (χ1) is 13.5. The number of nitrogens with zero attached hydrogens (tertiary/aromatic N) is 1. The van der Waals surface area contributed by atoms with Gasteiger partial charge in [-0.25, -0.2) is 18.2 Å². The molecule has 0 saturated heterocycles. The van der Waals surface area contributed by atoms with E-state index in [1.165, 1.54) is 18.3 Å². The third-order valence-corrected chi connectivity index (χ3v) is 4.86. The van der Waals surface area contributed by atoms with Crippen LogP contribution in [0.2, 0.25) is 0 Å². The SMILES string of the molecule is O=C(CCc1ncc(-c2ccc(F)cc2F)o1)NC1CCc2c(F)cccc21. The number of aryl methyl sites for hydroxylation is 1. The first-order valence-electron chi connectivity index (χ1n) is 8.98. The molecule has 3 aromatic rings. The molecule has 0 saturated carbocycles. The van der Waals surface area contributed by atoms with Crippen molar-refractivity contribution in [2.75, 3.05) is 0 Å². The highest BCUT2D eigenvalue weighted by molar-refractivity contribution is 5.76. The molecule has 4 nitrogen and oxygen atoms in total. The Hall–Kier alpha value is -3.09. The number of oxazole rings is 1. The maximum Gasteiger partial charge on any atom is 0.220 e. The quantitative estimate of drug-likeness (QED) is 0.703. The van der Waals surface area contributed by atoms with Crippen molar-refractivity contribution in [2.45, 2.75) is 31.7 Å². The molecule has 144 valence electrons. The van der Waals surface area contributed by atoms with Crippen LogP contribution in [0.25, 0.3) is 11.3 Å². The summed E-state index contributed by atoms with van der Waals surface area (Å²) in [4.78, 5) is 16.3. The number of fused-ring (bicyclic) bond motifs is 1. The van der Waals surface area contributed by atoms with Crippen LogP contribution in [-0.2, 0) is 17.6 Å². The van der Waals surface area contributed by atoms with Gasteiger partial charge >= 0.3 is 0 Å². The number of hydrogen-bond acceptors (Lipinski definition) is 3. The molecule has 2 aromatic carbocycles. The largest absolute Gasteiger partial charge is 0.441 e. The lowest BCUT2D eigenvalue weighted by molar-refractivity contribution is -0.121. The second-order valence-corrected chi connectivity index (χ2v) is 6.71. The molecular formula is C21H17F3N2O2. The zero-order valence-corrected chi connectivity index (χ0v) is 14.8. The first kappa shape index (κ1) is 18.3. The minimum absolute atomic E-state index is 0.106. The van der Waals surface area contributed by atoms with Crippen LogP contribution in [0.5, 0.6) is 0 Å². The third kappa shape index (κ3) is 3.65. The monoisotopic (exact) mass is 386 g/mol. The summed E-state index contributed by atoms with van der Waals surface area (Å²) in [5.41, 5.74) is 1.58. The molecule has 1 aliphatic rings. The molecule has 28 heavy (non-hydrogen) atoms. The lowest BCUT2D eigenvalue weighted by Crippen LogP contribution is -2.27. The van der Waals surface area contributed by atoms with E-state index < -0.39 is 11.6 Å². The minimum Gasteiger partial charge on any atom is -0.441 e. The number of nitrogens with one attached hydrogen (secondary N) is 1. The summed E-state index contributed by atoms with van der Waals surface area (Å²) >= 11 is 0. The van der Waals surface area contributed by atoms with Crippen molar-refractivity contribution >= 4 is 5.91 Å². The number of carbonyl (C=O) groups is 1. The van der Waals surface area contributed by atoms with Gasteiger partial charge in [0.2, 0.25) is 5.91 Å². The predicted molar refractivity (Wildman–Crippen MR) is 95.8 cm³/mol. The van der Waals surface area contributed by atoms with Crippen LogP contribution in [0, 0.1) is 17.5 Å². The number of carbonyl (C=O) groups excluding carboxylic acids is 1. The second-order valence-electron chi connectivity index (χ2n) is 6.71. The van der Waals surface area contributed by atoms with Crippen molar-refractivity contribution < 1.29 is 22.4 Å². The van der Waals surface area contributed by atoms with Gasteiger partial charge in [0.1, 0.15) is 17.5 Å². The lowest BCUT2D eigenvalue weighted by Gasteiger charge is -2.13. The van der Waals surface area contributed by atoms with E-state index in [-0.39, 0.29) is 47.8 Å². The fourth-order valence-corrected chi connectivity index (χ4v) is 3.49. The molecule has 0 radical (unpaired) electrons. The molecule has 1 unspecified atom stereocenters. The number of aromatic nitrogens is 1. The Labute approximate surface area is 159 Å². The Kier molecular flexibility index (Phi) is 4.90. The lowest BCUT2D eigenvalue weighted by atomic mass is 10.1. The van der Waals surface area contributed by atoms with Gasteiger partial charge in [-0.05, 0) is 42.2 Å². The zero-order chi connectivity index (χ0) is 19.7. The minimum atomic E-state index is -0.743. The molecule has 4 rings (SSSR count). The van der Waals surface area contributed by atoms with Gasteiger partial charge < -0.3 is 9.73 Å². The van der Waals surface area contributed by atoms with Crippen LogP contribution in [-0.4, -0.2) is 10.9 Å². The van der Waals surface area contributed by atoms with Gasteiger partial charge in [0.25, 0.3) is 0 Å². The Morgan fingerprint density at radius 3 is 2.86 bits per heavy atom. The van der Waals surface area contributed by atoms with Gasteiger partial charge in [0.15, 0.2) is 11.7 Å². The van der Waals surface area contributed by atoms with Crippen molar-refractivity contribution in [2.24, 2.45) is 0 Å². The predicted octanol–water partition coefficient (Wildman–Crippen LogP) is 4.50. The summed E-state index contributed by atoms with van der Waals surface area (Å²) in [5, 5.41) is 2.91. The number of benzene rings is 2. The van der Waals surface area contributed by atoms with Crippen molar-refractivity contribution in [3.63, 3.8) is 0 Å². The molecule has 7 heteroatoms. The van der Waals surface area contributed by atoms with Crippen LogP contribution in [0.4, 0.5) is 13.2 Å². The van der Waals surface area contributed by atoms with Crippen molar-refractivity contribution in [3.8, 4) is 11.3 Å². The van der Waals surface area contributed by atoms with E-state index in [2.05, 4.69) is 10.3 Å². The Morgan fingerprint density at radius 2 is 2.04 bits per heavy atom. The van der Waals surface area contributed by atoms with Crippen molar-refractivity contribution in [1.82, 2.24) is 10.3 Å². The molecule has 1 aromatic heterocycles. The molecule has 0 fully saturated rings. The van der Waals surface area contributed by atoms with Gasteiger partial charge in [0, 0.05) is 18.9 Å². The maximum atomic E-state index is 13.8. The van der Waals surface area contributed by atoms with Gasteiger partial charge in [-0.2, -0.15) is 0 Å². The maximum absolute atomic E-state index is 13.8. The van der Waals surface area contributed by atoms with Gasteiger partial charge in [-0.1, -0.05) is 12.1 Å². The Balaban J connectivity index is 1.36. The smallest absolute Gasteiger partial charge is 0.220 e. The highest BCUT2D eigenvalue weighted by atomic mass is 19.1. The van der Waals surface area contributed by atoms with Crippen LogP contribution in [0.1, 0.15) is 35.9 Å². The fourth-order valence-electron chi connectivity index (χ4n) is 3.49. The van der Waals surface area contributed by atoms with E-state index in [1.54, 1.807) is 6.07 Å². The van der Waals surface area contributed by atoms with E-state index in [9.17, 15) is 18.0 Å². The molecule has 0 aliphatic heterocycles.